The molecule has 3 nitrogen and oxygen atoms in total. The molecule has 1 aromatic carbocycles. The average molecular weight is 249 g/mol. The zero-order valence-corrected chi connectivity index (χ0v) is 9.29. The van der Waals surface area contributed by atoms with Crippen LogP contribution in [0.15, 0.2) is 18.2 Å². The third-order valence-corrected chi connectivity index (χ3v) is 2.17. The minimum atomic E-state index is -4.41. The molecule has 0 saturated heterocycles. The van der Waals surface area contributed by atoms with Gasteiger partial charge >= 0.3 is 6.18 Å². The van der Waals surface area contributed by atoms with E-state index in [-0.39, 0.29) is 30.6 Å². The second kappa shape index (κ2) is 5.27. The predicted octanol–water partition coefficient (Wildman–Crippen LogP) is 2.29. The van der Waals surface area contributed by atoms with Crippen LogP contribution in [0.1, 0.15) is 12.5 Å². The van der Waals surface area contributed by atoms with Crippen LogP contribution < -0.4 is 10.5 Å². The van der Waals surface area contributed by atoms with E-state index in [4.69, 9.17) is 15.6 Å². The van der Waals surface area contributed by atoms with Gasteiger partial charge in [0.15, 0.2) is 0 Å². The number of aliphatic hydroxyl groups excluding tert-OH is 1. The Hall–Kier alpha value is -1.43. The van der Waals surface area contributed by atoms with E-state index >= 15 is 0 Å². The first kappa shape index (κ1) is 13.6. The van der Waals surface area contributed by atoms with Crippen molar-refractivity contribution in [2.24, 2.45) is 5.92 Å². The number of nitrogens with two attached hydrogens (primary N) is 1. The van der Waals surface area contributed by atoms with Crippen LogP contribution in [0.5, 0.6) is 5.75 Å². The van der Waals surface area contributed by atoms with E-state index in [1.54, 1.807) is 6.92 Å². The van der Waals surface area contributed by atoms with Crippen molar-refractivity contribution in [2.45, 2.75) is 13.1 Å². The quantitative estimate of drug-likeness (QED) is 0.805. The number of alkyl halides is 3. The number of hydrogen-bond acceptors (Lipinski definition) is 3. The van der Waals surface area contributed by atoms with Crippen LogP contribution in [0.3, 0.4) is 0 Å². The summed E-state index contributed by atoms with van der Waals surface area (Å²) in [7, 11) is 0. The van der Waals surface area contributed by atoms with Crippen molar-refractivity contribution in [3.05, 3.63) is 23.8 Å². The minimum Gasteiger partial charge on any atom is -0.491 e. The summed E-state index contributed by atoms with van der Waals surface area (Å²) in [5, 5.41) is 8.77. The summed E-state index contributed by atoms with van der Waals surface area (Å²) in [6.07, 6.45) is -4.41. The maximum Gasteiger partial charge on any atom is 0.416 e. The zero-order chi connectivity index (χ0) is 13.1. The van der Waals surface area contributed by atoms with Crippen LogP contribution in [0, 0.1) is 5.92 Å². The molecule has 0 fully saturated rings. The number of halogens is 3. The minimum absolute atomic E-state index is 0.0550. The SMILES string of the molecule is CC(CO)COc1ccc(C(F)(F)F)cc1N. The summed E-state index contributed by atoms with van der Waals surface area (Å²) < 4.78 is 42.2. The summed E-state index contributed by atoms with van der Waals surface area (Å²) in [5.41, 5.74) is 4.59. The molecule has 0 aliphatic rings. The summed E-state index contributed by atoms with van der Waals surface area (Å²) in [6, 6.07) is 2.93. The second-order valence-electron chi connectivity index (χ2n) is 3.85. The molecule has 0 amide bonds. The number of hydrogen-bond donors (Lipinski definition) is 2. The highest BCUT2D eigenvalue weighted by Crippen LogP contribution is 2.33. The lowest BCUT2D eigenvalue weighted by molar-refractivity contribution is -0.137. The van der Waals surface area contributed by atoms with Gasteiger partial charge in [0.05, 0.1) is 17.9 Å². The number of rotatable bonds is 4. The molecule has 1 atom stereocenters. The summed E-state index contributed by atoms with van der Waals surface area (Å²) in [6.45, 7) is 1.90. The van der Waals surface area contributed by atoms with Crippen molar-refractivity contribution in [3.63, 3.8) is 0 Å². The smallest absolute Gasteiger partial charge is 0.416 e. The largest absolute Gasteiger partial charge is 0.491 e. The third-order valence-electron chi connectivity index (χ3n) is 2.17. The maximum absolute atomic E-state index is 12.3. The van der Waals surface area contributed by atoms with Gasteiger partial charge in [0.25, 0.3) is 0 Å². The van der Waals surface area contributed by atoms with E-state index in [9.17, 15) is 13.2 Å². The third kappa shape index (κ3) is 3.81. The van der Waals surface area contributed by atoms with Crippen molar-refractivity contribution in [1.29, 1.82) is 0 Å². The molecule has 1 aromatic rings. The highest BCUT2D eigenvalue weighted by Gasteiger charge is 2.30. The number of benzene rings is 1. The van der Waals surface area contributed by atoms with Crippen LogP contribution >= 0.6 is 0 Å². The van der Waals surface area contributed by atoms with E-state index in [0.717, 1.165) is 12.1 Å². The number of aliphatic hydroxyl groups is 1. The van der Waals surface area contributed by atoms with Crippen LogP contribution in [0.25, 0.3) is 0 Å². The fourth-order valence-electron chi connectivity index (χ4n) is 1.14. The Bertz CT molecular complexity index is 379. The van der Waals surface area contributed by atoms with Gasteiger partial charge < -0.3 is 15.6 Å². The van der Waals surface area contributed by atoms with Crippen LogP contribution in [0.4, 0.5) is 18.9 Å². The molecule has 0 heterocycles. The lowest BCUT2D eigenvalue weighted by Crippen LogP contribution is -2.13. The lowest BCUT2D eigenvalue weighted by atomic mass is 10.2. The van der Waals surface area contributed by atoms with E-state index in [2.05, 4.69) is 0 Å². The first-order chi connectivity index (χ1) is 7.84. The molecular weight excluding hydrogens is 235 g/mol. The highest BCUT2D eigenvalue weighted by molar-refractivity contribution is 5.54. The predicted molar refractivity (Wildman–Crippen MR) is 57.6 cm³/mol. The average Bonchev–Trinajstić information content (AvgIpc) is 2.25. The van der Waals surface area contributed by atoms with Gasteiger partial charge in [-0.3, -0.25) is 0 Å². The summed E-state index contributed by atoms with van der Waals surface area (Å²) >= 11 is 0. The van der Waals surface area contributed by atoms with Gasteiger partial charge in [0, 0.05) is 12.5 Å². The van der Waals surface area contributed by atoms with Crippen molar-refractivity contribution in [3.8, 4) is 5.75 Å². The monoisotopic (exact) mass is 249 g/mol. The lowest BCUT2D eigenvalue weighted by Gasteiger charge is -2.14. The second-order valence-corrected chi connectivity index (χ2v) is 3.85. The van der Waals surface area contributed by atoms with E-state index in [1.807, 2.05) is 0 Å². The van der Waals surface area contributed by atoms with Crippen molar-refractivity contribution < 1.29 is 23.0 Å². The Balaban J connectivity index is 2.77. The molecular formula is C11H14F3NO2. The van der Waals surface area contributed by atoms with E-state index < -0.39 is 11.7 Å². The number of anilines is 1. The van der Waals surface area contributed by atoms with Gasteiger partial charge in [-0.2, -0.15) is 13.2 Å². The van der Waals surface area contributed by atoms with Crippen molar-refractivity contribution in [2.75, 3.05) is 18.9 Å². The summed E-state index contributed by atoms with van der Waals surface area (Å²) in [4.78, 5) is 0. The Morgan fingerprint density at radius 3 is 2.53 bits per heavy atom. The molecule has 0 aliphatic heterocycles. The van der Waals surface area contributed by atoms with Gasteiger partial charge in [-0.05, 0) is 18.2 Å². The van der Waals surface area contributed by atoms with Gasteiger partial charge in [-0.15, -0.1) is 0 Å². The molecule has 0 saturated carbocycles. The van der Waals surface area contributed by atoms with Gasteiger partial charge in [-0.25, -0.2) is 0 Å². The Morgan fingerprint density at radius 1 is 1.41 bits per heavy atom. The van der Waals surface area contributed by atoms with Crippen LogP contribution in [0.2, 0.25) is 0 Å². The van der Waals surface area contributed by atoms with E-state index in [1.165, 1.54) is 6.07 Å². The molecule has 1 unspecified atom stereocenters. The Kier molecular flexibility index (Phi) is 4.22. The standard InChI is InChI=1S/C11H14F3NO2/c1-7(5-16)6-17-10-3-2-8(4-9(10)15)11(12,13)14/h2-4,7,16H,5-6,15H2,1H3. The molecule has 0 spiro atoms. The van der Waals surface area contributed by atoms with Crippen molar-refractivity contribution in [1.82, 2.24) is 0 Å². The van der Waals surface area contributed by atoms with Gasteiger partial charge in [0.1, 0.15) is 5.75 Å². The normalized spacial score (nSPS) is 13.5. The van der Waals surface area contributed by atoms with Crippen LogP contribution in [-0.2, 0) is 6.18 Å². The first-order valence-electron chi connectivity index (χ1n) is 5.05. The van der Waals surface area contributed by atoms with E-state index in [0.29, 0.717) is 0 Å². The number of ether oxygens (including phenoxy) is 1. The van der Waals surface area contributed by atoms with Crippen molar-refractivity contribution >= 4 is 5.69 Å². The summed E-state index contributed by atoms with van der Waals surface area (Å²) in [5.74, 6) is 0.0926. The molecule has 6 heteroatoms. The first-order valence-corrected chi connectivity index (χ1v) is 5.05. The van der Waals surface area contributed by atoms with Gasteiger partial charge in [-0.1, -0.05) is 6.92 Å². The molecule has 0 radical (unpaired) electrons. The van der Waals surface area contributed by atoms with Gasteiger partial charge in [0.2, 0.25) is 0 Å². The topological polar surface area (TPSA) is 55.5 Å². The Labute approximate surface area is 97.0 Å². The molecule has 0 aliphatic carbocycles. The molecule has 17 heavy (non-hydrogen) atoms. The molecule has 1 rings (SSSR count). The molecule has 0 bridgehead atoms. The van der Waals surface area contributed by atoms with Crippen LogP contribution in [-0.4, -0.2) is 18.3 Å². The Morgan fingerprint density at radius 2 is 2.06 bits per heavy atom. The maximum atomic E-state index is 12.3. The highest BCUT2D eigenvalue weighted by atomic mass is 19.4. The molecule has 96 valence electrons. The number of nitrogen functional groups attached to an aromatic ring is 1. The fraction of sp³-hybridized carbons (Fsp3) is 0.455. The molecule has 3 N–H and O–H groups in total. The fourth-order valence-corrected chi connectivity index (χ4v) is 1.14. The molecule has 0 aromatic heterocycles. The zero-order valence-electron chi connectivity index (χ0n) is 9.29.